The lowest BCUT2D eigenvalue weighted by atomic mass is 9.75. The van der Waals surface area contributed by atoms with Crippen LogP contribution in [-0.4, -0.2) is 24.0 Å². The third-order valence-corrected chi connectivity index (χ3v) is 3.98. The van der Waals surface area contributed by atoms with Crippen molar-refractivity contribution < 1.29 is 0 Å². The van der Waals surface area contributed by atoms with E-state index in [0.29, 0.717) is 0 Å². The second kappa shape index (κ2) is 5.41. The maximum atomic E-state index is 6.25. The molecule has 0 aliphatic carbocycles. The molecular formula is C16H28N2. The van der Waals surface area contributed by atoms with Gasteiger partial charge in [-0.1, -0.05) is 43.7 Å². The van der Waals surface area contributed by atoms with Gasteiger partial charge < -0.3 is 10.6 Å². The van der Waals surface area contributed by atoms with Crippen molar-refractivity contribution in [1.82, 2.24) is 4.90 Å². The Morgan fingerprint density at radius 1 is 1.06 bits per heavy atom. The molecule has 2 nitrogen and oxygen atoms in total. The molecule has 1 aromatic rings. The van der Waals surface area contributed by atoms with E-state index in [0.717, 1.165) is 13.1 Å². The number of rotatable bonds is 5. The van der Waals surface area contributed by atoms with Crippen LogP contribution in [0.15, 0.2) is 24.3 Å². The first-order valence-corrected chi connectivity index (χ1v) is 6.65. The monoisotopic (exact) mass is 248 g/mol. The number of hydrogen-bond donors (Lipinski definition) is 1. The molecular weight excluding hydrogens is 220 g/mol. The highest BCUT2D eigenvalue weighted by molar-refractivity contribution is 5.21. The molecule has 1 rings (SSSR count). The molecule has 0 radical (unpaired) electrons. The van der Waals surface area contributed by atoms with Gasteiger partial charge in [-0.2, -0.15) is 0 Å². The molecule has 102 valence electrons. The molecule has 0 atom stereocenters. The molecule has 0 bridgehead atoms. The molecule has 2 heteroatoms. The first-order valence-electron chi connectivity index (χ1n) is 6.65. The maximum absolute atomic E-state index is 6.25. The number of benzene rings is 1. The summed E-state index contributed by atoms with van der Waals surface area (Å²) < 4.78 is 0. The second-order valence-electron chi connectivity index (χ2n) is 6.76. The van der Waals surface area contributed by atoms with E-state index in [1.165, 1.54) is 11.1 Å². The van der Waals surface area contributed by atoms with E-state index in [-0.39, 0.29) is 11.0 Å². The van der Waals surface area contributed by atoms with Gasteiger partial charge >= 0.3 is 0 Å². The van der Waals surface area contributed by atoms with Crippen molar-refractivity contribution in [1.29, 1.82) is 0 Å². The van der Waals surface area contributed by atoms with E-state index < -0.39 is 0 Å². The summed E-state index contributed by atoms with van der Waals surface area (Å²) in [7, 11) is 2.16. The standard InChI is InChI=1S/C16H28N2/c1-13-7-9-14(10-8-13)11-18(6)12-15(2,3)16(4,5)17/h7-10H,11-12,17H2,1-6H3. The molecule has 0 saturated heterocycles. The Kier molecular flexibility index (Phi) is 4.57. The van der Waals surface area contributed by atoms with E-state index in [1.54, 1.807) is 0 Å². The highest BCUT2D eigenvalue weighted by Crippen LogP contribution is 2.29. The van der Waals surface area contributed by atoms with Gasteiger partial charge in [0, 0.05) is 18.6 Å². The van der Waals surface area contributed by atoms with E-state index in [4.69, 9.17) is 5.73 Å². The van der Waals surface area contributed by atoms with E-state index in [2.05, 4.69) is 70.8 Å². The Bertz CT molecular complexity index is 371. The average molecular weight is 248 g/mol. The van der Waals surface area contributed by atoms with E-state index in [1.807, 2.05) is 0 Å². The van der Waals surface area contributed by atoms with Crippen LogP contribution in [-0.2, 0) is 6.54 Å². The Labute approximate surface area is 112 Å². The zero-order valence-electron chi connectivity index (χ0n) is 12.7. The van der Waals surface area contributed by atoms with Crippen molar-refractivity contribution in [2.24, 2.45) is 11.1 Å². The fourth-order valence-electron chi connectivity index (χ4n) is 1.94. The molecule has 0 unspecified atom stereocenters. The predicted molar refractivity (Wildman–Crippen MR) is 79.6 cm³/mol. The number of hydrogen-bond acceptors (Lipinski definition) is 2. The van der Waals surface area contributed by atoms with Crippen LogP contribution in [0.1, 0.15) is 38.8 Å². The molecule has 0 spiro atoms. The van der Waals surface area contributed by atoms with Crippen LogP contribution in [0.2, 0.25) is 0 Å². The molecule has 0 saturated carbocycles. The van der Waals surface area contributed by atoms with Crippen LogP contribution in [0.5, 0.6) is 0 Å². The van der Waals surface area contributed by atoms with Crippen LogP contribution >= 0.6 is 0 Å². The average Bonchev–Trinajstić information content (AvgIpc) is 2.19. The summed E-state index contributed by atoms with van der Waals surface area (Å²) in [5.41, 5.74) is 8.83. The lowest BCUT2D eigenvalue weighted by Gasteiger charge is -2.41. The lowest BCUT2D eigenvalue weighted by molar-refractivity contribution is 0.126. The van der Waals surface area contributed by atoms with Gasteiger partial charge in [0.05, 0.1) is 0 Å². The van der Waals surface area contributed by atoms with Crippen molar-refractivity contribution in [2.75, 3.05) is 13.6 Å². The number of nitrogens with two attached hydrogens (primary N) is 1. The lowest BCUT2D eigenvalue weighted by Crippen LogP contribution is -2.52. The second-order valence-corrected chi connectivity index (χ2v) is 6.76. The normalized spacial score (nSPS) is 13.1. The molecule has 1 aromatic carbocycles. The van der Waals surface area contributed by atoms with E-state index >= 15 is 0 Å². The summed E-state index contributed by atoms with van der Waals surface area (Å²) >= 11 is 0. The fourth-order valence-corrected chi connectivity index (χ4v) is 1.94. The fraction of sp³-hybridized carbons (Fsp3) is 0.625. The Balaban J connectivity index is 2.62. The van der Waals surface area contributed by atoms with Crippen LogP contribution in [0, 0.1) is 12.3 Å². The third-order valence-electron chi connectivity index (χ3n) is 3.98. The smallest absolute Gasteiger partial charge is 0.0230 e. The summed E-state index contributed by atoms with van der Waals surface area (Å²) in [5, 5.41) is 0. The summed E-state index contributed by atoms with van der Waals surface area (Å²) in [6.07, 6.45) is 0. The topological polar surface area (TPSA) is 29.3 Å². The first kappa shape index (κ1) is 15.2. The Hall–Kier alpha value is -0.860. The molecule has 0 aliphatic heterocycles. The summed E-state index contributed by atoms with van der Waals surface area (Å²) in [4.78, 5) is 2.35. The van der Waals surface area contributed by atoms with Gasteiger partial charge in [0.15, 0.2) is 0 Å². The van der Waals surface area contributed by atoms with Gasteiger partial charge in [0.25, 0.3) is 0 Å². The van der Waals surface area contributed by atoms with Crippen molar-refractivity contribution >= 4 is 0 Å². The molecule has 18 heavy (non-hydrogen) atoms. The van der Waals surface area contributed by atoms with Gasteiger partial charge in [0.2, 0.25) is 0 Å². The van der Waals surface area contributed by atoms with Gasteiger partial charge in [-0.05, 0) is 38.8 Å². The van der Waals surface area contributed by atoms with Gasteiger partial charge in [-0.25, -0.2) is 0 Å². The molecule has 0 fully saturated rings. The Morgan fingerprint density at radius 2 is 1.56 bits per heavy atom. The van der Waals surface area contributed by atoms with E-state index in [9.17, 15) is 0 Å². The largest absolute Gasteiger partial charge is 0.325 e. The third kappa shape index (κ3) is 4.11. The van der Waals surface area contributed by atoms with Crippen molar-refractivity contribution in [2.45, 2.75) is 46.7 Å². The summed E-state index contributed by atoms with van der Waals surface area (Å²) in [6, 6.07) is 8.74. The minimum absolute atomic E-state index is 0.0897. The first-order chi connectivity index (χ1) is 8.12. The van der Waals surface area contributed by atoms with Crippen LogP contribution in [0.25, 0.3) is 0 Å². The zero-order valence-corrected chi connectivity index (χ0v) is 12.7. The predicted octanol–water partition coefficient (Wildman–Crippen LogP) is 3.19. The van der Waals surface area contributed by atoms with Gasteiger partial charge in [0.1, 0.15) is 0 Å². The highest BCUT2D eigenvalue weighted by Gasteiger charge is 2.34. The zero-order chi connectivity index (χ0) is 14.0. The molecule has 0 aromatic heterocycles. The summed E-state index contributed by atoms with van der Waals surface area (Å²) in [5.74, 6) is 0. The Morgan fingerprint density at radius 3 is 2.00 bits per heavy atom. The molecule has 0 amide bonds. The van der Waals surface area contributed by atoms with Crippen LogP contribution < -0.4 is 5.73 Å². The molecule has 2 N–H and O–H groups in total. The minimum Gasteiger partial charge on any atom is -0.325 e. The molecule has 0 heterocycles. The van der Waals surface area contributed by atoms with Crippen molar-refractivity contribution in [3.63, 3.8) is 0 Å². The van der Waals surface area contributed by atoms with Crippen LogP contribution in [0.4, 0.5) is 0 Å². The SMILES string of the molecule is Cc1ccc(CN(C)CC(C)(C)C(C)(C)N)cc1. The minimum atomic E-state index is -0.172. The summed E-state index contributed by atoms with van der Waals surface area (Å²) in [6.45, 7) is 12.8. The maximum Gasteiger partial charge on any atom is 0.0230 e. The highest BCUT2D eigenvalue weighted by atomic mass is 15.1. The van der Waals surface area contributed by atoms with Gasteiger partial charge in [-0.15, -0.1) is 0 Å². The quantitative estimate of drug-likeness (QED) is 0.867. The van der Waals surface area contributed by atoms with Crippen molar-refractivity contribution in [3.05, 3.63) is 35.4 Å². The van der Waals surface area contributed by atoms with Gasteiger partial charge in [-0.3, -0.25) is 0 Å². The molecule has 0 aliphatic rings. The number of aryl methyl sites for hydroxylation is 1. The van der Waals surface area contributed by atoms with Crippen LogP contribution in [0.3, 0.4) is 0 Å². The number of nitrogens with zero attached hydrogens (tertiary/aromatic N) is 1. The van der Waals surface area contributed by atoms with Crippen molar-refractivity contribution in [3.8, 4) is 0 Å².